The molecule has 0 radical (unpaired) electrons. The fraction of sp³-hybridized carbons (Fsp3) is 0.300. The van der Waals surface area contributed by atoms with Gasteiger partial charge in [-0.05, 0) is 11.6 Å². The number of hydrogen-bond donors (Lipinski definition) is 3. The Morgan fingerprint density at radius 1 is 1.24 bits per heavy atom. The van der Waals surface area contributed by atoms with Crippen LogP contribution in [0, 0.1) is 0 Å². The van der Waals surface area contributed by atoms with Crippen molar-refractivity contribution in [2.75, 3.05) is 6.61 Å². The van der Waals surface area contributed by atoms with Crippen LogP contribution in [0.5, 0.6) is 0 Å². The summed E-state index contributed by atoms with van der Waals surface area (Å²) in [5.41, 5.74) is 1.01. The highest BCUT2D eigenvalue weighted by atomic mass is 19.4. The number of aliphatic hydroxyl groups is 1. The van der Waals surface area contributed by atoms with Gasteiger partial charge in [-0.1, -0.05) is 18.2 Å². The molecule has 0 aromatic heterocycles. The van der Waals surface area contributed by atoms with Gasteiger partial charge in [-0.3, -0.25) is 0 Å². The highest BCUT2D eigenvalue weighted by Gasteiger charge is 2.43. The highest BCUT2D eigenvalue weighted by Crippen LogP contribution is 2.35. The number of benzene rings is 1. The van der Waals surface area contributed by atoms with Crippen molar-refractivity contribution in [3.05, 3.63) is 35.4 Å². The monoisotopic (exact) mass is 249 g/mol. The minimum atomic E-state index is -4.73. The largest absolute Gasteiger partial charge is 0.480 e. The van der Waals surface area contributed by atoms with Crippen LogP contribution in [0.25, 0.3) is 0 Å². The van der Waals surface area contributed by atoms with E-state index in [1.807, 2.05) is 0 Å². The van der Waals surface area contributed by atoms with Crippen LogP contribution in [0.15, 0.2) is 24.3 Å². The third-order valence-electron chi connectivity index (χ3n) is 2.34. The van der Waals surface area contributed by atoms with Gasteiger partial charge in [-0.2, -0.15) is 13.2 Å². The van der Waals surface area contributed by atoms with Crippen molar-refractivity contribution in [1.82, 2.24) is 0 Å². The summed E-state index contributed by atoms with van der Waals surface area (Å²) >= 11 is 0. The zero-order valence-corrected chi connectivity index (χ0v) is 8.53. The maximum atomic E-state index is 12.6. The van der Waals surface area contributed by atoms with E-state index in [0.29, 0.717) is 0 Å². The van der Waals surface area contributed by atoms with Gasteiger partial charge in [0.15, 0.2) is 5.54 Å². The zero-order chi connectivity index (χ0) is 13.3. The second-order valence-corrected chi connectivity index (χ2v) is 3.48. The Kier molecular flexibility index (Phi) is 3.44. The van der Waals surface area contributed by atoms with Crippen LogP contribution in [0.2, 0.25) is 0 Å². The van der Waals surface area contributed by atoms with Crippen molar-refractivity contribution < 1.29 is 28.2 Å². The van der Waals surface area contributed by atoms with Crippen LogP contribution < -0.4 is 5.73 Å². The molecule has 0 bridgehead atoms. The maximum Gasteiger partial charge on any atom is 0.416 e. The molecule has 4 N–H and O–H groups in total. The average molecular weight is 249 g/mol. The molecule has 0 aliphatic rings. The van der Waals surface area contributed by atoms with E-state index < -0.39 is 35.4 Å². The predicted octanol–water partition coefficient (Wildman–Crippen LogP) is 0.936. The fourth-order valence-electron chi connectivity index (χ4n) is 1.39. The Balaban J connectivity index is 3.46. The van der Waals surface area contributed by atoms with Gasteiger partial charge in [0.2, 0.25) is 0 Å². The Hall–Kier alpha value is -1.60. The summed E-state index contributed by atoms with van der Waals surface area (Å²) in [6, 6.07) is 4.00. The lowest BCUT2D eigenvalue weighted by Gasteiger charge is -2.25. The summed E-state index contributed by atoms with van der Waals surface area (Å²) < 4.78 is 37.9. The number of carboxylic acids is 1. The van der Waals surface area contributed by atoms with Gasteiger partial charge in [0.1, 0.15) is 0 Å². The SMILES string of the molecule is NC(CO)(C(=O)O)c1ccccc1C(F)(F)F. The maximum absolute atomic E-state index is 12.6. The number of hydrogen-bond acceptors (Lipinski definition) is 3. The molecule has 1 atom stereocenters. The summed E-state index contributed by atoms with van der Waals surface area (Å²) in [5, 5.41) is 17.7. The van der Waals surface area contributed by atoms with Crippen molar-refractivity contribution in [1.29, 1.82) is 0 Å². The Morgan fingerprint density at radius 2 is 1.71 bits per heavy atom. The molecule has 1 aromatic carbocycles. The molecule has 17 heavy (non-hydrogen) atoms. The first-order chi connectivity index (χ1) is 7.73. The molecular formula is C10H10F3NO3. The first-order valence-electron chi connectivity index (χ1n) is 4.53. The van der Waals surface area contributed by atoms with Crippen molar-refractivity contribution in [3.8, 4) is 0 Å². The number of aliphatic hydroxyl groups excluding tert-OH is 1. The summed E-state index contributed by atoms with van der Waals surface area (Å²) in [6.07, 6.45) is -4.73. The molecule has 0 saturated carbocycles. The second-order valence-electron chi connectivity index (χ2n) is 3.48. The van der Waals surface area contributed by atoms with Crippen molar-refractivity contribution in [2.24, 2.45) is 5.73 Å². The molecule has 4 nitrogen and oxygen atoms in total. The molecule has 0 saturated heterocycles. The first-order valence-corrected chi connectivity index (χ1v) is 4.53. The van der Waals surface area contributed by atoms with E-state index in [-0.39, 0.29) is 0 Å². The number of halogens is 3. The summed E-state index contributed by atoms with van der Waals surface area (Å²) in [5.74, 6) is -1.73. The topological polar surface area (TPSA) is 83.5 Å². The molecule has 0 amide bonds. The molecule has 7 heteroatoms. The number of aliphatic carboxylic acids is 1. The number of nitrogens with two attached hydrogens (primary N) is 1. The zero-order valence-electron chi connectivity index (χ0n) is 8.53. The molecule has 1 unspecified atom stereocenters. The van der Waals surface area contributed by atoms with E-state index >= 15 is 0 Å². The summed E-state index contributed by atoms with van der Waals surface area (Å²) in [7, 11) is 0. The van der Waals surface area contributed by atoms with Gasteiger partial charge < -0.3 is 15.9 Å². The molecule has 1 aromatic rings. The van der Waals surface area contributed by atoms with Crippen molar-refractivity contribution >= 4 is 5.97 Å². The van der Waals surface area contributed by atoms with E-state index in [9.17, 15) is 18.0 Å². The van der Waals surface area contributed by atoms with Crippen LogP contribution in [0.1, 0.15) is 11.1 Å². The Bertz CT molecular complexity index is 433. The van der Waals surface area contributed by atoms with Gasteiger partial charge in [0.25, 0.3) is 0 Å². The van der Waals surface area contributed by atoms with E-state index in [2.05, 4.69) is 0 Å². The first kappa shape index (κ1) is 13.5. The lowest BCUT2D eigenvalue weighted by atomic mass is 9.88. The lowest BCUT2D eigenvalue weighted by molar-refractivity contribution is -0.147. The van der Waals surface area contributed by atoms with E-state index in [0.717, 1.165) is 18.2 Å². The second kappa shape index (κ2) is 4.34. The van der Waals surface area contributed by atoms with Crippen LogP contribution in [-0.2, 0) is 16.5 Å². The molecule has 94 valence electrons. The normalized spacial score (nSPS) is 15.4. The molecule has 1 rings (SSSR count). The minimum absolute atomic E-state index is 0.664. The van der Waals surface area contributed by atoms with Crippen LogP contribution >= 0.6 is 0 Å². The standard InChI is InChI=1S/C10H10F3NO3/c11-10(12,13)7-4-2-1-3-6(7)9(14,5-15)8(16)17/h1-4,15H,5,14H2,(H,16,17). The third kappa shape index (κ3) is 2.40. The van der Waals surface area contributed by atoms with E-state index in [1.165, 1.54) is 6.07 Å². The number of carboxylic acid groups (broad SMARTS) is 1. The molecular weight excluding hydrogens is 239 g/mol. The molecule has 0 heterocycles. The van der Waals surface area contributed by atoms with Gasteiger partial charge in [-0.25, -0.2) is 4.79 Å². The van der Waals surface area contributed by atoms with Crippen LogP contribution in [0.3, 0.4) is 0 Å². The molecule has 0 spiro atoms. The average Bonchev–Trinajstić information content (AvgIpc) is 2.26. The lowest BCUT2D eigenvalue weighted by Crippen LogP contribution is -2.49. The van der Waals surface area contributed by atoms with Gasteiger partial charge in [0.05, 0.1) is 12.2 Å². The van der Waals surface area contributed by atoms with Crippen molar-refractivity contribution in [3.63, 3.8) is 0 Å². The quantitative estimate of drug-likeness (QED) is 0.744. The van der Waals surface area contributed by atoms with E-state index in [1.54, 1.807) is 0 Å². The van der Waals surface area contributed by atoms with Crippen LogP contribution in [0.4, 0.5) is 13.2 Å². The number of rotatable bonds is 3. The van der Waals surface area contributed by atoms with Crippen molar-refractivity contribution in [2.45, 2.75) is 11.7 Å². The summed E-state index contributed by atoms with van der Waals surface area (Å²) in [6.45, 7) is -1.13. The van der Waals surface area contributed by atoms with Gasteiger partial charge in [0, 0.05) is 0 Å². The smallest absolute Gasteiger partial charge is 0.416 e. The van der Waals surface area contributed by atoms with Gasteiger partial charge in [-0.15, -0.1) is 0 Å². The molecule has 0 fully saturated rings. The summed E-state index contributed by atoms with van der Waals surface area (Å²) in [4.78, 5) is 10.9. The molecule has 0 aliphatic heterocycles. The number of carbonyl (C=O) groups is 1. The fourth-order valence-corrected chi connectivity index (χ4v) is 1.39. The third-order valence-corrected chi connectivity index (χ3v) is 2.34. The van der Waals surface area contributed by atoms with Gasteiger partial charge >= 0.3 is 12.1 Å². The number of alkyl halides is 3. The minimum Gasteiger partial charge on any atom is -0.480 e. The highest BCUT2D eigenvalue weighted by molar-refractivity contribution is 5.81. The Morgan fingerprint density at radius 3 is 2.06 bits per heavy atom. The predicted molar refractivity (Wildman–Crippen MR) is 52.0 cm³/mol. The Labute approximate surface area is 94.5 Å². The van der Waals surface area contributed by atoms with E-state index in [4.69, 9.17) is 15.9 Å². The van der Waals surface area contributed by atoms with Crippen LogP contribution in [-0.4, -0.2) is 22.8 Å². The molecule has 0 aliphatic carbocycles.